The first kappa shape index (κ1) is 11.1. The summed E-state index contributed by atoms with van der Waals surface area (Å²) in [5.41, 5.74) is -1.19. The van der Waals surface area contributed by atoms with E-state index in [2.05, 4.69) is 10.2 Å². The van der Waals surface area contributed by atoms with Crippen molar-refractivity contribution in [2.75, 3.05) is 0 Å². The molecule has 0 saturated heterocycles. The lowest BCUT2D eigenvalue weighted by Gasteiger charge is -2.20. The number of benzene rings is 1. The van der Waals surface area contributed by atoms with E-state index in [0.29, 0.717) is 5.69 Å². The van der Waals surface area contributed by atoms with E-state index in [1.807, 2.05) is 6.07 Å². The molecule has 0 amide bonds. The van der Waals surface area contributed by atoms with Crippen LogP contribution in [0.1, 0.15) is 0 Å². The van der Waals surface area contributed by atoms with Crippen molar-refractivity contribution in [3.8, 4) is 0 Å². The van der Waals surface area contributed by atoms with Crippen LogP contribution in [0.15, 0.2) is 65.1 Å². The summed E-state index contributed by atoms with van der Waals surface area (Å²) in [5, 5.41) is 16.7. The number of nitrogens with zero attached hydrogens (tertiary/aromatic N) is 2. The zero-order valence-corrected chi connectivity index (χ0v) is 8.85. The third-order valence-corrected chi connectivity index (χ3v) is 2.14. The first-order valence-electron chi connectivity index (χ1n) is 4.96. The average Bonchev–Trinajstić information content (AvgIpc) is 2.38. The number of aliphatic carboxylic acids is 1. The molecule has 0 saturated carbocycles. The summed E-state index contributed by atoms with van der Waals surface area (Å²) in [6.07, 6.45) is 5.75. The summed E-state index contributed by atoms with van der Waals surface area (Å²) in [7, 11) is 0. The highest BCUT2D eigenvalue weighted by atomic mass is 16.5. The molecule has 1 aliphatic rings. The topological polar surface area (TPSA) is 71.2 Å². The minimum atomic E-state index is -1.76. The molecule has 1 aliphatic heterocycles. The minimum Gasteiger partial charge on any atom is -0.476 e. The zero-order chi connectivity index (χ0) is 12.1. The van der Waals surface area contributed by atoms with Crippen LogP contribution < -0.4 is 0 Å². The Balaban J connectivity index is 2.25. The summed E-state index contributed by atoms with van der Waals surface area (Å²) in [4.78, 5) is 11.1. The SMILES string of the molecule is O=C(O)C1(N=Nc2ccccc2)C=CC=CO1. The maximum absolute atomic E-state index is 11.1. The van der Waals surface area contributed by atoms with Crippen molar-refractivity contribution < 1.29 is 14.6 Å². The Labute approximate surface area is 97.8 Å². The molecule has 86 valence electrons. The maximum atomic E-state index is 11.1. The van der Waals surface area contributed by atoms with Gasteiger partial charge in [-0.2, -0.15) is 5.11 Å². The van der Waals surface area contributed by atoms with Crippen LogP contribution in [0.5, 0.6) is 0 Å². The fourth-order valence-electron chi connectivity index (χ4n) is 1.26. The van der Waals surface area contributed by atoms with Gasteiger partial charge in [0.15, 0.2) is 0 Å². The Kier molecular flexibility index (Phi) is 3.00. The third-order valence-electron chi connectivity index (χ3n) is 2.14. The van der Waals surface area contributed by atoms with Crippen molar-refractivity contribution in [2.24, 2.45) is 10.2 Å². The summed E-state index contributed by atoms with van der Waals surface area (Å²) < 4.78 is 5.02. The number of rotatable bonds is 3. The van der Waals surface area contributed by atoms with E-state index in [1.54, 1.807) is 36.4 Å². The van der Waals surface area contributed by atoms with Gasteiger partial charge in [-0.1, -0.05) is 24.3 Å². The molecule has 5 heteroatoms. The van der Waals surface area contributed by atoms with Crippen LogP contribution in [-0.4, -0.2) is 16.8 Å². The molecule has 5 nitrogen and oxygen atoms in total. The first-order chi connectivity index (χ1) is 8.23. The summed E-state index contributed by atoms with van der Waals surface area (Å²) >= 11 is 0. The average molecular weight is 230 g/mol. The predicted molar refractivity (Wildman–Crippen MR) is 60.7 cm³/mol. The molecule has 0 fully saturated rings. The maximum Gasteiger partial charge on any atom is 0.378 e. The fraction of sp³-hybridized carbons (Fsp3) is 0.0833. The van der Waals surface area contributed by atoms with Crippen molar-refractivity contribution in [1.82, 2.24) is 0 Å². The molecule has 0 aromatic heterocycles. The quantitative estimate of drug-likeness (QED) is 0.811. The van der Waals surface area contributed by atoms with Crippen LogP contribution in [0.3, 0.4) is 0 Å². The first-order valence-corrected chi connectivity index (χ1v) is 4.96. The monoisotopic (exact) mass is 230 g/mol. The Bertz CT molecular complexity index is 494. The lowest BCUT2D eigenvalue weighted by atomic mass is 10.2. The number of carboxylic acids is 1. The Morgan fingerprint density at radius 3 is 2.59 bits per heavy atom. The molecule has 0 spiro atoms. The molecule has 1 N–H and O–H groups in total. The van der Waals surface area contributed by atoms with Crippen LogP contribution in [0.2, 0.25) is 0 Å². The number of ether oxygens (including phenoxy) is 1. The van der Waals surface area contributed by atoms with Crippen LogP contribution in [-0.2, 0) is 9.53 Å². The van der Waals surface area contributed by atoms with E-state index >= 15 is 0 Å². The summed E-state index contributed by atoms with van der Waals surface area (Å²) in [6.45, 7) is 0. The van der Waals surface area contributed by atoms with E-state index in [4.69, 9.17) is 9.84 Å². The third kappa shape index (κ3) is 2.39. The molecular formula is C12H10N2O3. The van der Waals surface area contributed by atoms with Crippen molar-refractivity contribution in [3.63, 3.8) is 0 Å². The van der Waals surface area contributed by atoms with Gasteiger partial charge >= 0.3 is 11.7 Å². The van der Waals surface area contributed by atoms with Gasteiger partial charge < -0.3 is 9.84 Å². The van der Waals surface area contributed by atoms with Gasteiger partial charge in [-0.05, 0) is 24.3 Å². The Morgan fingerprint density at radius 1 is 1.24 bits per heavy atom. The number of carboxylic acid groups (broad SMARTS) is 1. The second-order valence-corrected chi connectivity index (χ2v) is 3.34. The molecule has 1 atom stereocenters. The van der Waals surface area contributed by atoms with E-state index in [9.17, 15) is 4.79 Å². The standard InChI is InChI=1S/C12H10N2O3/c15-11(16)12(8-4-5-9-17-12)14-13-10-6-2-1-3-7-10/h1-9H,(H,15,16). The van der Waals surface area contributed by atoms with Gasteiger partial charge in [0.1, 0.15) is 0 Å². The van der Waals surface area contributed by atoms with Crippen molar-refractivity contribution in [3.05, 3.63) is 54.8 Å². The van der Waals surface area contributed by atoms with E-state index in [1.165, 1.54) is 12.3 Å². The van der Waals surface area contributed by atoms with Crippen molar-refractivity contribution in [2.45, 2.75) is 5.72 Å². The molecular weight excluding hydrogens is 220 g/mol. The highest BCUT2D eigenvalue weighted by Crippen LogP contribution is 2.23. The predicted octanol–water partition coefficient (Wildman–Crippen LogP) is 2.65. The Morgan fingerprint density at radius 2 is 2.00 bits per heavy atom. The van der Waals surface area contributed by atoms with Crippen molar-refractivity contribution >= 4 is 11.7 Å². The van der Waals surface area contributed by atoms with E-state index < -0.39 is 11.7 Å². The van der Waals surface area contributed by atoms with Gasteiger partial charge in [0, 0.05) is 0 Å². The molecule has 1 aromatic rings. The molecule has 0 radical (unpaired) electrons. The van der Waals surface area contributed by atoms with Gasteiger partial charge in [0.05, 0.1) is 11.9 Å². The number of allylic oxidation sites excluding steroid dienone is 2. The lowest BCUT2D eigenvalue weighted by molar-refractivity contribution is -0.154. The lowest BCUT2D eigenvalue weighted by Crippen LogP contribution is -2.36. The number of hydrogen-bond donors (Lipinski definition) is 1. The normalized spacial score (nSPS) is 22.6. The molecule has 1 heterocycles. The molecule has 0 aliphatic carbocycles. The second-order valence-electron chi connectivity index (χ2n) is 3.34. The van der Waals surface area contributed by atoms with Crippen molar-refractivity contribution in [1.29, 1.82) is 0 Å². The van der Waals surface area contributed by atoms with Gasteiger partial charge in [-0.15, -0.1) is 5.11 Å². The van der Waals surface area contributed by atoms with Crippen LogP contribution >= 0.6 is 0 Å². The van der Waals surface area contributed by atoms with Crippen LogP contribution in [0, 0.1) is 0 Å². The zero-order valence-electron chi connectivity index (χ0n) is 8.85. The van der Waals surface area contributed by atoms with E-state index in [-0.39, 0.29) is 0 Å². The van der Waals surface area contributed by atoms with Gasteiger partial charge in [-0.25, -0.2) is 4.79 Å². The Hall–Kier alpha value is -2.43. The van der Waals surface area contributed by atoms with Gasteiger partial charge in [0.2, 0.25) is 0 Å². The molecule has 2 rings (SSSR count). The molecule has 1 aromatic carbocycles. The van der Waals surface area contributed by atoms with Crippen LogP contribution in [0.25, 0.3) is 0 Å². The highest BCUT2D eigenvalue weighted by molar-refractivity contribution is 5.80. The van der Waals surface area contributed by atoms with Gasteiger partial charge in [-0.3, -0.25) is 0 Å². The molecule has 17 heavy (non-hydrogen) atoms. The van der Waals surface area contributed by atoms with E-state index in [0.717, 1.165) is 0 Å². The fourth-order valence-corrected chi connectivity index (χ4v) is 1.26. The smallest absolute Gasteiger partial charge is 0.378 e. The molecule has 0 bridgehead atoms. The largest absolute Gasteiger partial charge is 0.476 e. The number of azo groups is 1. The summed E-state index contributed by atoms with van der Waals surface area (Å²) in [6, 6.07) is 8.87. The number of hydrogen-bond acceptors (Lipinski definition) is 4. The summed E-state index contributed by atoms with van der Waals surface area (Å²) in [5.74, 6) is -1.21. The van der Waals surface area contributed by atoms with Crippen LogP contribution in [0.4, 0.5) is 5.69 Å². The minimum absolute atomic E-state index is 0.569. The van der Waals surface area contributed by atoms with Gasteiger partial charge in [0.25, 0.3) is 0 Å². The number of carbonyl (C=O) groups is 1. The molecule has 1 unspecified atom stereocenters. The second kappa shape index (κ2) is 4.61. The highest BCUT2D eigenvalue weighted by Gasteiger charge is 2.39.